The molecule has 0 saturated carbocycles. The van der Waals surface area contributed by atoms with Gasteiger partial charge in [0.2, 0.25) is 5.82 Å². The van der Waals surface area contributed by atoms with Crippen LogP contribution in [-0.2, 0) is 18.6 Å². The number of carbonyl (C=O) groups is 1. The van der Waals surface area contributed by atoms with Gasteiger partial charge in [0.1, 0.15) is 6.33 Å². The van der Waals surface area contributed by atoms with Crippen molar-refractivity contribution in [2.24, 2.45) is 0 Å². The van der Waals surface area contributed by atoms with Crippen LogP contribution >= 0.6 is 11.6 Å². The summed E-state index contributed by atoms with van der Waals surface area (Å²) in [6.45, 7) is 7.19. The van der Waals surface area contributed by atoms with Crippen molar-refractivity contribution in [3.63, 3.8) is 0 Å². The summed E-state index contributed by atoms with van der Waals surface area (Å²) in [7, 11) is 0. The van der Waals surface area contributed by atoms with Crippen molar-refractivity contribution in [2.45, 2.75) is 39.4 Å². The van der Waals surface area contributed by atoms with Crippen molar-refractivity contribution in [3.05, 3.63) is 46.5 Å². The fraction of sp³-hybridized carbons (Fsp3) is 0.400. The molecule has 0 bridgehead atoms. The minimum absolute atomic E-state index is 0.148. The number of benzene rings is 1. The molecular formula is C15H17ClN4O. The first kappa shape index (κ1) is 14.1. The molecule has 0 radical (unpaired) electrons. The molecule has 0 atom stereocenters. The lowest BCUT2D eigenvalue weighted by atomic mass is 10.1. The van der Waals surface area contributed by atoms with E-state index in [-0.39, 0.29) is 17.3 Å². The Morgan fingerprint density at radius 2 is 1.95 bits per heavy atom. The molecule has 1 aliphatic heterocycles. The molecule has 1 aromatic carbocycles. The van der Waals surface area contributed by atoms with Gasteiger partial charge in [-0.05, 0) is 44.0 Å². The van der Waals surface area contributed by atoms with E-state index < -0.39 is 0 Å². The van der Waals surface area contributed by atoms with Crippen LogP contribution in [0, 0.1) is 0 Å². The summed E-state index contributed by atoms with van der Waals surface area (Å²) in [5.41, 5.74) is 2.03. The van der Waals surface area contributed by atoms with Crippen molar-refractivity contribution >= 4 is 17.5 Å². The van der Waals surface area contributed by atoms with Gasteiger partial charge in [-0.15, -0.1) is 5.10 Å². The van der Waals surface area contributed by atoms with E-state index >= 15 is 0 Å². The Hall–Kier alpha value is -1.88. The summed E-state index contributed by atoms with van der Waals surface area (Å²) in [5.74, 6) is 0.0918. The molecule has 3 rings (SSSR count). The topological polar surface area (TPSA) is 51.0 Å². The smallest absolute Gasteiger partial charge is 0.294 e. The largest absolute Gasteiger partial charge is 0.327 e. The number of hydrogen-bond donors (Lipinski definition) is 0. The van der Waals surface area contributed by atoms with Crippen LogP contribution in [0.3, 0.4) is 0 Å². The molecule has 1 aromatic heterocycles. The van der Waals surface area contributed by atoms with Crippen LogP contribution in [0.25, 0.3) is 0 Å². The second-order valence-corrected chi connectivity index (χ2v) is 6.69. The molecule has 0 N–H and O–H groups in total. The third-order valence-electron chi connectivity index (χ3n) is 3.55. The van der Waals surface area contributed by atoms with Crippen LogP contribution in [0.15, 0.2) is 24.5 Å². The summed E-state index contributed by atoms with van der Waals surface area (Å²) < 4.78 is 1.71. The van der Waals surface area contributed by atoms with Crippen LogP contribution in [0.1, 0.15) is 42.5 Å². The summed E-state index contributed by atoms with van der Waals surface area (Å²) >= 11 is 5.99. The summed E-state index contributed by atoms with van der Waals surface area (Å²) in [6.07, 6.45) is 1.60. The number of rotatable bonds is 1. The molecule has 110 valence electrons. The lowest BCUT2D eigenvalue weighted by Crippen LogP contribution is -2.28. The molecule has 0 aliphatic carbocycles. The van der Waals surface area contributed by atoms with E-state index in [4.69, 9.17) is 11.6 Å². The average molecular weight is 305 g/mol. The Balaban J connectivity index is 1.80. The molecule has 21 heavy (non-hydrogen) atoms. The lowest BCUT2D eigenvalue weighted by molar-refractivity contribution is 0.0738. The molecule has 5 nitrogen and oxygen atoms in total. The molecule has 0 unspecified atom stereocenters. The highest BCUT2D eigenvalue weighted by Gasteiger charge is 2.27. The Bertz CT molecular complexity index is 702. The maximum absolute atomic E-state index is 12.5. The third kappa shape index (κ3) is 2.65. The van der Waals surface area contributed by atoms with Gasteiger partial charge in [0, 0.05) is 18.1 Å². The van der Waals surface area contributed by atoms with Gasteiger partial charge >= 0.3 is 0 Å². The Labute approximate surface area is 128 Å². The number of aromatic nitrogens is 3. The quantitative estimate of drug-likeness (QED) is 0.814. The average Bonchev–Trinajstić information content (AvgIpc) is 3.03. The number of hydrogen-bond acceptors (Lipinski definition) is 3. The highest BCUT2D eigenvalue weighted by molar-refractivity contribution is 6.30. The molecule has 0 fully saturated rings. The SMILES string of the molecule is CC(C)(C)n1cnc(C(=O)N2Cc3ccc(Cl)cc3C2)n1. The van der Waals surface area contributed by atoms with Crippen molar-refractivity contribution in [3.8, 4) is 0 Å². The Morgan fingerprint density at radius 3 is 2.62 bits per heavy atom. The zero-order chi connectivity index (χ0) is 15.2. The van der Waals surface area contributed by atoms with E-state index in [9.17, 15) is 4.79 Å². The predicted molar refractivity (Wildman–Crippen MR) is 80.0 cm³/mol. The normalized spacial score (nSPS) is 14.4. The number of fused-ring (bicyclic) bond motifs is 1. The maximum Gasteiger partial charge on any atom is 0.294 e. The predicted octanol–water partition coefficient (Wildman–Crippen LogP) is 2.84. The van der Waals surface area contributed by atoms with E-state index in [0.717, 1.165) is 11.1 Å². The summed E-state index contributed by atoms with van der Waals surface area (Å²) in [6, 6.07) is 5.72. The number of halogens is 1. The van der Waals surface area contributed by atoms with Gasteiger partial charge < -0.3 is 4.90 Å². The van der Waals surface area contributed by atoms with Crippen LogP contribution in [-0.4, -0.2) is 25.6 Å². The van der Waals surface area contributed by atoms with Crippen molar-refractivity contribution in [1.29, 1.82) is 0 Å². The van der Waals surface area contributed by atoms with Crippen LogP contribution in [0.2, 0.25) is 5.02 Å². The summed E-state index contributed by atoms with van der Waals surface area (Å²) in [4.78, 5) is 18.4. The molecule has 2 heterocycles. The molecule has 0 saturated heterocycles. The van der Waals surface area contributed by atoms with Crippen molar-refractivity contribution < 1.29 is 4.79 Å². The molecule has 1 aliphatic rings. The number of amides is 1. The van der Waals surface area contributed by atoms with E-state index in [1.807, 2.05) is 39.0 Å². The van der Waals surface area contributed by atoms with E-state index in [2.05, 4.69) is 10.1 Å². The highest BCUT2D eigenvalue weighted by atomic mass is 35.5. The number of nitrogens with zero attached hydrogens (tertiary/aromatic N) is 4. The first-order chi connectivity index (χ1) is 9.84. The minimum atomic E-state index is -0.187. The zero-order valence-electron chi connectivity index (χ0n) is 12.3. The fourth-order valence-corrected chi connectivity index (χ4v) is 2.53. The van der Waals surface area contributed by atoms with Crippen LogP contribution in [0.4, 0.5) is 0 Å². The van der Waals surface area contributed by atoms with Crippen LogP contribution in [0.5, 0.6) is 0 Å². The fourth-order valence-electron chi connectivity index (χ4n) is 2.33. The second-order valence-electron chi connectivity index (χ2n) is 6.26. The van der Waals surface area contributed by atoms with Gasteiger partial charge in [0.05, 0.1) is 5.54 Å². The lowest BCUT2D eigenvalue weighted by Gasteiger charge is -2.18. The maximum atomic E-state index is 12.5. The standard InChI is InChI=1S/C15H17ClN4O/c1-15(2,3)20-9-17-13(18-20)14(21)19-7-10-4-5-12(16)6-11(10)8-19/h4-6,9H,7-8H2,1-3H3. The zero-order valence-corrected chi connectivity index (χ0v) is 13.1. The Morgan fingerprint density at radius 1 is 1.24 bits per heavy atom. The minimum Gasteiger partial charge on any atom is -0.327 e. The van der Waals surface area contributed by atoms with Crippen molar-refractivity contribution in [1.82, 2.24) is 19.7 Å². The number of carbonyl (C=O) groups excluding carboxylic acids is 1. The first-order valence-electron chi connectivity index (χ1n) is 6.83. The van der Waals surface area contributed by atoms with Crippen molar-refractivity contribution in [2.75, 3.05) is 0 Å². The summed E-state index contributed by atoms with van der Waals surface area (Å²) in [5, 5.41) is 4.99. The van der Waals surface area contributed by atoms with E-state index in [1.54, 1.807) is 15.9 Å². The third-order valence-corrected chi connectivity index (χ3v) is 3.78. The first-order valence-corrected chi connectivity index (χ1v) is 7.21. The Kier molecular flexibility index (Phi) is 3.24. The van der Waals surface area contributed by atoms with Gasteiger partial charge in [-0.25, -0.2) is 9.67 Å². The monoisotopic (exact) mass is 304 g/mol. The van der Waals surface area contributed by atoms with Gasteiger partial charge in [-0.2, -0.15) is 0 Å². The van der Waals surface area contributed by atoms with Gasteiger partial charge in [0.25, 0.3) is 5.91 Å². The molecular weight excluding hydrogens is 288 g/mol. The van der Waals surface area contributed by atoms with Gasteiger partial charge in [-0.1, -0.05) is 17.7 Å². The van der Waals surface area contributed by atoms with E-state index in [1.165, 1.54) is 0 Å². The molecule has 6 heteroatoms. The van der Waals surface area contributed by atoms with Crippen LogP contribution < -0.4 is 0 Å². The second kappa shape index (κ2) is 4.84. The highest BCUT2D eigenvalue weighted by Crippen LogP contribution is 2.26. The van der Waals surface area contributed by atoms with Gasteiger partial charge in [0.15, 0.2) is 0 Å². The molecule has 1 amide bonds. The van der Waals surface area contributed by atoms with E-state index in [0.29, 0.717) is 18.1 Å². The van der Waals surface area contributed by atoms with Gasteiger partial charge in [-0.3, -0.25) is 4.79 Å². The molecule has 2 aromatic rings. The molecule has 0 spiro atoms.